The summed E-state index contributed by atoms with van der Waals surface area (Å²) in [5.41, 5.74) is 5.39. The number of halogens is 1. The molecule has 3 heterocycles. The van der Waals surface area contributed by atoms with Crippen molar-refractivity contribution in [2.24, 2.45) is 5.92 Å². The molecule has 1 atom stereocenters. The summed E-state index contributed by atoms with van der Waals surface area (Å²) in [4.78, 5) is 21.4. The van der Waals surface area contributed by atoms with E-state index in [0.717, 1.165) is 51.9 Å². The molecule has 1 fully saturated rings. The number of hydrogen-bond acceptors (Lipinski definition) is 6. The molecule has 0 amide bonds. The predicted octanol–water partition coefficient (Wildman–Crippen LogP) is 7.39. The van der Waals surface area contributed by atoms with Crippen LogP contribution in [-0.4, -0.2) is 35.4 Å². The van der Waals surface area contributed by atoms with E-state index in [1.54, 1.807) is 18.2 Å². The van der Waals surface area contributed by atoms with Crippen molar-refractivity contribution in [1.82, 2.24) is 24.3 Å². The van der Waals surface area contributed by atoms with Gasteiger partial charge in [0.05, 0.1) is 48.2 Å². The number of para-hydroxylation sites is 1. The molecule has 0 bridgehead atoms. The molecule has 212 valence electrons. The van der Waals surface area contributed by atoms with Gasteiger partial charge in [0.25, 0.3) is 0 Å². The Labute approximate surface area is 248 Å². The summed E-state index contributed by atoms with van der Waals surface area (Å²) in [6, 6.07) is 15.1. The van der Waals surface area contributed by atoms with E-state index in [-0.39, 0.29) is 11.6 Å². The number of nitriles is 1. The van der Waals surface area contributed by atoms with Crippen molar-refractivity contribution in [2.75, 3.05) is 5.32 Å². The molecule has 0 radical (unpaired) electrons. The van der Waals surface area contributed by atoms with Gasteiger partial charge in [-0.3, -0.25) is 4.68 Å². The van der Waals surface area contributed by atoms with Crippen LogP contribution in [0.2, 0.25) is 5.02 Å². The molecule has 1 unspecified atom stereocenters. The van der Waals surface area contributed by atoms with Gasteiger partial charge in [-0.15, -0.1) is 0 Å². The fourth-order valence-corrected chi connectivity index (χ4v) is 6.21. The smallest absolute Gasteiger partial charge is 0.337 e. The van der Waals surface area contributed by atoms with Gasteiger partial charge in [-0.05, 0) is 61.1 Å². The molecule has 1 aliphatic carbocycles. The number of nitrogens with one attached hydrogen (secondary N) is 1. The zero-order valence-electron chi connectivity index (χ0n) is 23.2. The van der Waals surface area contributed by atoms with Crippen LogP contribution in [-0.2, 0) is 6.54 Å². The third-order valence-corrected chi connectivity index (χ3v) is 8.67. The third kappa shape index (κ3) is 5.21. The molecule has 42 heavy (non-hydrogen) atoms. The van der Waals surface area contributed by atoms with Crippen LogP contribution in [0.4, 0.5) is 11.4 Å². The van der Waals surface area contributed by atoms with Crippen molar-refractivity contribution in [2.45, 2.75) is 51.6 Å². The minimum absolute atomic E-state index is 0.0590. The fraction of sp³-hybridized carbons (Fsp3) is 0.281. The first-order chi connectivity index (χ1) is 20.4. The Bertz CT molecular complexity index is 1810. The van der Waals surface area contributed by atoms with Crippen molar-refractivity contribution in [3.8, 4) is 17.3 Å². The van der Waals surface area contributed by atoms with E-state index < -0.39 is 5.97 Å². The maximum absolute atomic E-state index is 12.2. The number of aromatic carboxylic acids is 1. The highest BCUT2D eigenvalue weighted by Gasteiger charge is 2.27. The highest BCUT2D eigenvalue weighted by molar-refractivity contribution is 6.31. The number of carboxylic acid groups (broad SMARTS) is 1. The van der Waals surface area contributed by atoms with Crippen LogP contribution < -0.4 is 5.32 Å². The lowest BCUT2D eigenvalue weighted by Crippen LogP contribution is -2.17. The number of carbonyl (C=O) groups is 1. The minimum Gasteiger partial charge on any atom is -0.478 e. The summed E-state index contributed by atoms with van der Waals surface area (Å²) < 4.78 is 3.92. The molecule has 9 nitrogen and oxygen atoms in total. The number of rotatable bonds is 9. The zero-order chi connectivity index (χ0) is 29.2. The van der Waals surface area contributed by atoms with E-state index in [0.29, 0.717) is 29.6 Å². The largest absolute Gasteiger partial charge is 0.478 e. The van der Waals surface area contributed by atoms with Crippen molar-refractivity contribution < 1.29 is 9.90 Å². The highest BCUT2D eigenvalue weighted by atomic mass is 35.5. The Hall–Kier alpha value is -4.68. The standard InChI is InChI=1S/C32H30ClN7O2/c1-20-26(33)10-5-11-27(20)38-30-22(8-4-9-25(30)32(41)42)17-39-15-13-24-29(35-19-36-31(24)39)23-16-37-40(18-23)28(12-14-34)21-6-2-3-7-21/h4-5,8-11,13,15-16,18-19,21,28,38H,2-3,6-7,12,17H2,1H3,(H,41,42). The number of fused-ring (bicyclic) bond motifs is 1. The minimum atomic E-state index is -1.02. The number of benzene rings is 2. The Morgan fingerprint density at radius 1 is 1.19 bits per heavy atom. The van der Waals surface area contributed by atoms with Crippen molar-refractivity contribution in [3.05, 3.63) is 89.1 Å². The summed E-state index contributed by atoms with van der Waals surface area (Å²) in [7, 11) is 0. The summed E-state index contributed by atoms with van der Waals surface area (Å²) in [6.07, 6.45) is 12.4. The average Bonchev–Trinajstić information content (AvgIpc) is 3.77. The number of nitrogens with zero attached hydrogens (tertiary/aromatic N) is 6. The van der Waals surface area contributed by atoms with Gasteiger partial charge in [-0.25, -0.2) is 14.8 Å². The lowest BCUT2D eigenvalue weighted by molar-refractivity contribution is 0.0698. The molecule has 1 aliphatic rings. The molecule has 6 rings (SSSR count). The lowest BCUT2D eigenvalue weighted by atomic mass is 9.96. The number of carboxylic acids is 1. The molecule has 0 saturated heterocycles. The van der Waals surface area contributed by atoms with Crippen LogP contribution in [0.25, 0.3) is 22.3 Å². The normalized spacial score (nSPS) is 14.2. The van der Waals surface area contributed by atoms with Gasteiger partial charge < -0.3 is 15.0 Å². The van der Waals surface area contributed by atoms with E-state index in [9.17, 15) is 15.2 Å². The zero-order valence-corrected chi connectivity index (χ0v) is 23.9. The van der Waals surface area contributed by atoms with Gasteiger partial charge >= 0.3 is 5.97 Å². The van der Waals surface area contributed by atoms with E-state index in [1.165, 1.54) is 19.2 Å². The molecule has 10 heteroatoms. The molecular weight excluding hydrogens is 550 g/mol. The van der Waals surface area contributed by atoms with E-state index in [2.05, 4.69) is 26.5 Å². The van der Waals surface area contributed by atoms with Gasteiger partial charge in [0.2, 0.25) is 0 Å². The lowest BCUT2D eigenvalue weighted by Gasteiger charge is -2.21. The second-order valence-electron chi connectivity index (χ2n) is 10.8. The van der Waals surface area contributed by atoms with E-state index in [1.807, 2.05) is 59.0 Å². The quantitative estimate of drug-likeness (QED) is 0.187. The Balaban J connectivity index is 1.35. The highest BCUT2D eigenvalue weighted by Crippen LogP contribution is 2.37. The summed E-state index contributed by atoms with van der Waals surface area (Å²) in [5.74, 6) is -0.561. The Kier molecular flexibility index (Phi) is 7.64. The van der Waals surface area contributed by atoms with Crippen LogP contribution in [0, 0.1) is 24.2 Å². The maximum atomic E-state index is 12.2. The maximum Gasteiger partial charge on any atom is 0.337 e. The molecule has 2 N–H and O–H groups in total. The second kappa shape index (κ2) is 11.7. The van der Waals surface area contributed by atoms with Crippen LogP contribution in [0.15, 0.2) is 67.4 Å². The first kappa shape index (κ1) is 27.5. The summed E-state index contributed by atoms with van der Waals surface area (Å²) in [5, 5.41) is 28.9. The second-order valence-corrected chi connectivity index (χ2v) is 11.2. The number of aromatic nitrogens is 5. The Morgan fingerprint density at radius 3 is 2.79 bits per heavy atom. The van der Waals surface area contributed by atoms with Crippen LogP contribution >= 0.6 is 11.6 Å². The molecule has 3 aromatic heterocycles. The van der Waals surface area contributed by atoms with Gasteiger partial charge in [-0.1, -0.05) is 42.6 Å². The van der Waals surface area contributed by atoms with Crippen molar-refractivity contribution in [1.29, 1.82) is 5.26 Å². The third-order valence-electron chi connectivity index (χ3n) is 8.26. The molecule has 2 aromatic carbocycles. The summed E-state index contributed by atoms with van der Waals surface area (Å²) in [6.45, 7) is 2.28. The fourth-order valence-electron chi connectivity index (χ4n) is 6.03. The average molecular weight is 580 g/mol. The SMILES string of the molecule is Cc1c(Cl)cccc1Nc1c(Cn2ccc3c(-c4cnn(C(CC#N)C5CCCC5)c4)ncnc32)cccc1C(=O)O. The van der Waals surface area contributed by atoms with E-state index >= 15 is 0 Å². The Morgan fingerprint density at radius 2 is 2.00 bits per heavy atom. The van der Waals surface area contributed by atoms with Gasteiger partial charge in [0.15, 0.2) is 0 Å². The van der Waals surface area contributed by atoms with E-state index in [4.69, 9.17) is 11.6 Å². The number of anilines is 2. The van der Waals surface area contributed by atoms with Crippen LogP contribution in [0.1, 0.15) is 59.6 Å². The summed E-state index contributed by atoms with van der Waals surface area (Å²) >= 11 is 6.34. The van der Waals surface area contributed by atoms with Gasteiger partial charge in [0.1, 0.15) is 12.0 Å². The van der Waals surface area contributed by atoms with Crippen molar-refractivity contribution >= 4 is 40.0 Å². The molecule has 0 aliphatic heterocycles. The van der Waals surface area contributed by atoms with Crippen LogP contribution in [0.5, 0.6) is 0 Å². The molecule has 1 saturated carbocycles. The topological polar surface area (TPSA) is 122 Å². The molecule has 5 aromatic rings. The number of hydrogen-bond donors (Lipinski definition) is 2. The molecular formula is C32H30ClN7O2. The monoisotopic (exact) mass is 579 g/mol. The molecule has 0 spiro atoms. The van der Waals surface area contributed by atoms with Gasteiger partial charge in [-0.2, -0.15) is 10.4 Å². The predicted molar refractivity (Wildman–Crippen MR) is 162 cm³/mol. The van der Waals surface area contributed by atoms with Gasteiger partial charge in [0, 0.05) is 34.1 Å². The van der Waals surface area contributed by atoms with Crippen LogP contribution in [0.3, 0.4) is 0 Å². The first-order valence-corrected chi connectivity index (χ1v) is 14.4. The van der Waals surface area contributed by atoms with Crippen molar-refractivity contribution in [3.63, 3.8) is 0 Å². The first-order valence-electron chi connectivity index (χ1n) is 14.0.